The van der Waals surface area contributed by atoms with Gasteiger partial charge in [0.25, 0.3) is 0 Å². The largest absolute Gasteiger partial charge is 0.394 e. The van der Waals surface area contributed by atoms with Crippen LogP contribution in [0.5, 0.6) is 0 Å². The van der Waals surface area contributed by atoms with E-state index in [0.29, 0.717) is 17.1 Å². The van der Waals surface area contributed by atoms with Crippen molar-refractivity contribution in [2.45, 2.75) is 118 Å². The van der Waals surface area contributed by atoms with Crippen LogP contribution in [0.25, 0.3) is 0 Å². The molecule has 296 valence electrons. The summed E-state index contributed by atoms with van der Waals surface area (Å²) in [5, 5.41) is 106. The Morgan fingerprint density at radius 2 is 1.30 bits per heavy atom. The van der Waals surface area contributed by atoms with Gasteiger partial charge in [0.05, 0.1) is 69.4 Å². The Hall–Kier alpha value is -2.56. The quantitative estimate of drug-likeness (QED) is 0.0667. The molecule has 23 nitrogen and oxygen atoms in total. The summed E-state index contributed by atoms with van der Waals surface area (Å²) >= 11 is 12.1. The highest BCUT2D eigenvalue weighted by molar-refractivity contribution is 6.21. The molecule has 6 rings (SSSR count). The van der Waals surface area contributed by atoms with Crippen LogP contribution in [0, 0.1) is 0 Å². The molecule has 3 aliphatic rings. The molecular formula is C28H41Cl2N9O14. The lowest BCUT2D eigenvalue weighted by Crippen LogP contribution is -2.61. The van der Waals surface area contributed by atoms with Crippen molar-refractivity contribution in [2.75, 3.05) is 12.5 Å². The zero-order chi connectivity index (χ0) is 38.0. The van der Waals surface area contributed by atoms with E-state index in [1.165, 1.54) is 20.2 Å². The molecule has 25 heteroatoms. The minimum absolute atomic E-state index is 0.00371. The molecule has 53 heavy (non-hydrogen) atoms. The number of halogens is 2. The monoisotopic (exact) mass is 797 g/mol. The van der Waals surface area contributed by atoms with Gasteiger partial charge in [0, 0.05) is 7.05 Å². The van der Waals surface area contributed by atoms with E-state index in [9.17, 15) is 40.9 Å². The summed E-state index contributed by atoms with van der Waals surface area (Å²) in [5.74, 6) is -2.59. The van der Waals surface area contributed by atoms with Gasteiger partial charge in [-0.25, -0.2) is 9.36 Å². The summed E-state index contributed by atoms with van der Waals surface area (Å²) in [5.41, 5.74) is 1.28. The van der Waals surface area contributed by atoms with Gasteiger partial charge in [0.2, 0.25) is 5.79 Å². The molecule has 8 N–H and O–H groups in total. The maximum absolute atomic E-state index is 10.9. The van der Waals surface area contributed by atoms with Gasteiger partial charge in [-0.05, 0) is 0 Å². The second-order valence-corrected chi connectivity index (χ2v) is 13.6. The van der Waals surface area contributed by atoms with Gasteiger partial charge < -0.3 is 69.3 Å². The van der Waals surface area contributed by atoms with Gasteiger partial charge in [0.15, 0.2) is 12.6 Å². The lowest BCUT2D eigenvalue weighted by atomic mass is 9.99. The minimum Gasteiger partial charge on any atom is -0.394 e. The molecule has 0 amide bonds. The van der Waals surface area contributed by atoms with E-state index in [0.717, 1.165) is 0 Å². The van der Waals surface area contributed by atoms with Gasteiger partial charge in [-0.1, -0.05) is 15.6 Å². The highest BCUT2D eigenvalue weighted by Crippen LogP contribution is 2.38. The van der Waals surface area contributed by atoms with E-state index >= 15 is 0 Å². The van der Waals surface area contributed by atoms with Crippen LogP contribution in [-0.2, 0) is 68.4 Å². The van der Waals surface area contributed by atoms with Crippen molar-refractivity contribution < 1.29 is 69.3 Å². The van der Waals surface area contributed by atoms with E-state index < -0.39 is 97.3 Å². The number of aryl methyl sites for hydroxylation is 1. The van der Waals surface area contributed by atoms with Crippen LogP contribution in [0.15, 0.2) is 18.6 Å². The molecular weight excluding hydrogens is 757 g/mol. The summed E-state index contributed by atoms with van der Waals surface area (Å²) in [7, 11) is 1.68. The molecule has 3 fully saturated rings. The van der Waals surface area contributed by atoms with E-state index in [4.69, 9.17) is 51.6 Å². The minimum atomic E-state index is -2.07. The Kier molecular flexibility index (Phi) is 12.9. The molecule has 3 aromatic rings. The molecule has 0 spiro atoms. The Morgan fingerprint density at radius 1 is 0.717 bits per heavy atom. The molecule has 0 bridgehead atoms. The number of nitrogens with zero attached hydrogens (tertiary/aromatic N) is 9. The van der Waals surface area contributed by atoms with Crippen molar-refractivity contribution in [1.29, 1.82) is 0 Å². The first-order valence-corrected chi connectivity index (χ1v) is 17.4. The normalized spacial score (nSPS) is 37.8. The molecule has 14 atom stereocenters. The molecule has 3 saturated heterocycles. The summed E-state index contributed by atoms with van der Waals surface area (Å²) < 4.78 is 38.2. The van der Waals surface area contributed by atoms with E-state index in [-0.39, 0.29) is 32.9 Å². The number of aliphatic hydroxyl groups excluding tert-OH is 8. The highest BCUT2D eigenvalue weighted by atomic mass is 35.5. The molecule has 3 aliphatic heterocycles. The van der Waals surface area contributed by atoms with Crippen LogP contribution in [0.4, 0.5) is 0 Å². The average molecular weight is 799 g/mol. The smallest absolute Gasteiger partial charge is 0.214 e. The fraction of sp³-hybridized carbons (Fsp3) is 0.786. The number of hydrogen-bond acceptors (Lipinski definition) is 20. The standard InChI is InChI=1S/C28H41Cl2N9O14/c1-37-2-12(31-34-37)10-49-26-24(46)22(44)19(41)15(50-26)5-38-3-13(32-35-38)8-48-9-14-4-39(36-33-14)6-16-20(42)25(47)28(11-29,52-16)53-27-23(45)21(43)18(30)17(7-40)51-27/h2-4,15-27,40-47H,5-11H2,1H3/t15-,16-,17-,18+,19+,20+,21+,22+,23-,24+,25+,26-,27-,28+/m1/s1. The first-order valence-electron chi connectivity index (χ1n) is 16.4. The number of hydrogen-bond donors (Lipinski definition) is 8. The van der Waals surface area contributed by atoms with Crippen LogP contribution in [0.3, 0.4) is 0 Å². The van der Waals surface area contributed by atoms with E-state index in [2.05, 4.69) is 30.9 Å². The van der Waals surface area contributed by atoms with Gasteiger partial charge in [0.1, 0.15) is 78.1 Å². The van der Waals surface area contributed by atoms with Crippen molar-refractivity contribution in [3.05, 3.63) is 35.7 Å². The first-order chi connectivity index (χ1) is 25.3. The zero-order valence-electron chi connectivity index (χ0n) is 28.0. The molecule has 0 unspecified atom stereocenters. The summed E-state index contributed by atoms with van der Waals surface area (Å²) in [6.45, 7) is -0.806. The fourth-order valence-corrected chi connectivity index (χ4v) is 6.60. The van der Waals surface area contributed by atoms with Gasteiger partial charge in [-0.15, -0.1) is 38.5 Å². The number of aliphatic hydroxyl groups is 8. The van der Waals surface area contributed by atoms with Gasteiger partial charge in [-0.3, -0.25) is 4.68 Å². The number of rotatable bonds is 15. The highest BCUT2D eigenvalue weighted by Gasteiger charge is 2.58. The SMILES string of the molecule is Cn1cc(CO[C@@H]2O[C@H](Cn3cc(COCc4cn(C[C@H]5O[C@@](CCl)(O[C@H]6O[C@H](CO)[C@H](Cl)[C@H](O)[C@H]6O)[C@@H](O)[C@H]5O)nn4)nn3)[C@H](O)[C@H](O)[C@@H]2O)nn1. The average Bonchev–Trinajstić information content (AvgIpc) is 3.94. The Bertz CT molecular complexity index is 1620. The summed E-state index contributed by atoms with van der Waals surface area (Å²) in [4.78, 5) is 0. The van der Waals surface area contributed by atoms with Crippen molar-refractivity contribution in [3.63, 3.8) is 0 Å². The fourth-order valence-electron chi connectivity index (χ4n) is 6.03. The molecule has 0 aromatic carbocycles. The van der Waals surface area contributed by atoms with E-state index in [1.54, 1.807) is 19.4 Å². The molecule has 0 radical (unpaired) electrons. The van der Waals surface area contributed by atoms with Crippen LogP contribution in [0.2, 0.25) is 0 Å². The third-order valence-electron chi connectivity index (χ3n) is 8.93. The van der Waals surface area contributed by atoms with Crippen molar-refractivity contribution in [3.8, 4) is 0 Å². The maximum Gasteiger partial charge on any atom is 0.214 e. The molecule has 6 heterocycles. The molecule has 0 saturated carbocycles. The number of ether oxygens (including phenoxy) is 6. The lowest BCUT2D eigenvalue weighted by molar-refractivity contribution is -0.358. The van der Waals surface area contributed by atoms with Crippen LogP contribution >= 0.6 is 23.2 Å². The van der Waals surface area contributed by atoms with Gasteiger partial charge >= 0.3 is 0 Å². The Morgan fingerprint density at radius 3 is 1.91 bits per heavy atom. The maximum atomic E-state index is 10.9. The van der Waals surface area contributed by atoms with E-state index in [1.807, 2.05) is 0 Å². The van der Waals surface area contributed by atoms with Gasteiger partial charge in [-0.2, -0.15) is 0 Å². The van der Waals surface area contributed by atoms with Crippen LogP contribution < -0.4 is 0 Å². The second kappa shape index (κ2) is 17.1. The van der Waals surface area contributed by atoms with Crippen LogP contribution in [0.1, 0.15) is 17.1 Å². The zero-order valence-corrected chi connectivity index (χ0v) is 29.5. The van der Waals surface area contributed by atoms with Crippen molar-refractivity contribution >= 4 is 23.2 Å². The second-order valence-electron chi connectivity index (χ2n) is 12.9. The number of alkyl halides is 2. The third-order valence-corrected chi connectivity index (χ3v) is 9.84. The topological polar surface area (TPSA) is 309 Å². The third kappa shape index (κ3) is 8.80. The molecule has 3 aromatic heterocycles. The summed E-state index contributed by atoms with van der Waals surface area (Å²) in [6.07, 6.45) is -12.4. The lowest BCUT2D eigenvalue weighted by Gasteiger charge is -2.43. The first kappa shape index (κ1) is 40.1. The molecule has 0 aliphatic carbocycles. The summed E-state index contributed by atoms with van der Waals surface area (Å²) in [6, 6.07) is 0. The van der Waals surface area contributed by atoms with Crippen LogP contribution in [-0.4, -0.2) is 183 Å². The predicted molar refractivity (Wildman–Crippen MR) is 170 cm³/mol. The predicted octanol–water partition coefficient (Wildman–Crippen LogP) is -5.14. The Labute approximate surface area is 310 Å². The van der Waals surface area contributed by atoms with Crippen molar-refractivity contribution in [1.82, 2.24) is 45.0 Å². The number of aromatic nitrogens is 9. The Balaban J connectivity index is 0.978. The van der Waals surface area contributed by atoms with Crippen molar-refractivity contribution in [2.24, 2.45) is 7.05 Å².